The number of nitrogens with zero attached hydrogens (tertiary/aromatic N) is 1. The van der Waals surface area contributed by atoms with Gasteiger partial charge >= 0.3 is 0 Å². The molecule has 0 aliphatic rings. The van der Waals surface area contributed by atoms with E-state index in [0.717, 1.165) is 34.4 Å². The van der Waals surface area contributed by atoms with Gasteiger partial charge in [-0.1, -0.05) is 68.5 Å². The van der Waals surface area contributed by atoms with E-state index in [0.29, 0.717) is 17.0 Å². The second-order valence-corrected chi connectivity index (χ2v) is 7.80. The van der Waals surface area contributed by atoms with Crippen LogP contribution in [-0.4, -0.2) is 22.5 Å². The van der Waals surface area contributed by atoms with Crippen LogP contribution >= 0.6 is 0 Å². The fourth-order valence-corrected chi connectivity index (χ4v) is 3.31. The zero-order valence-corrected chi connectivity index (χ0v) is 17.2. The van der Waals surface area contributed by atoms with Gasteiger partial charge in [0.25, 0.3) is 0 Å². The smallest absolute Gasteiger partial charge is 0.193 e. The number of H-pyrrole nitrogens is 1. The molecule has 0 saturated carbocycles. The van der Waals surface area contributed by atoms with E-state index in [1.165, 1.54) is 0 Å². The lowest BCUT2D eigenvalue weighted by Gasteiger charge is -2.10. The zero-order chi connectivity index (χ0) is 20.9. The molecule has 0 fully saturated rings. The number of nitrogens with one attached hydrogen (secondary N) is 2. The predicted octanol–water partition coefficient (Wildman–Crippen LogP) is 6.03. The maximum Gasteiger partial charge on any atom is 0.193 e. The molecule has 1 heterocycles. The largest absolute Gasteiger partial charge is 0.385 e. The molecule has 4 aromatic rings. The summed E-state index contributed by atoms with van der Waals surface area (Å²) >= 11 is 0. The minimum atomic E-state index is 0.000995. The van der Waals surface area contributed by atoms with E-state index in [9.17, 15) is 4.79 Å². The number of hydrogen-bond donors (Lipinski definition) is 2. The highest BCUT2D eigenvalue weighted by Gasteiger charge is 2.12. The Morgan fingerprint density at radius 2 is 1.77 bits per heavy atom. The van der Waals surface area contributed by atoms with Gasteiger partial charge in [0, 0.05) is 28.7 Å². The normalized spacial score (nSPS) is 11.4. The standard InChI is InChI=1S/C26H25N3O/c1-18(2)17-27-22-10-6-9-20(15-22)26(30)21-12-13-23-24(28-29-25(23)16-21)14-11-19-7-4-3-5-8-19/h3-16,18,27H,17H2,1-2H3,(H,28,29)/b14-11+. The molecule has 0 radical (unpaired) electrons. The van der Waals surface area contributed by atoms with Crippen molar-refractivity contribution < 1.29 is 4.79 Å². The number of benzene rings is 3. The first-order valence-corrected chi connectivity index (χ1v) is 10.2. The third-order valence-corrected chi connectivity index (χ3v) is 4.93. The van der Waals surface area contributed by atoms with Crippen LogP contribution in [0, 0.1) is 5.92 Å². The molecule has 150 valence electrons. The van der Waals surface area contributed by atoms with Crippen molar-refractivity contribution in [1.29, 1.82) is 0 Å². The summed E-state index contributed by atoms with van der Waals surface area (Å²) in [5.41, 5.74) is 5.10. The monoisotopic (exact) mass is 395 g/mol. The Labute approximate surface area is 176 Å². The van der Waals surface area contributed by atoms with Crippen molar-refractivity contribution in [3.05, 3.63) is 95.2 Å². The van der Waals surface area contributed by atoms with Gasteiger partial charge in [-0.05, 0) is 41.8 Å². The molecule has 0 amide bonds. The topological polar surface area (TPSA) is 57.8 Å². The van der Waals surface area contributed by atoms with Gasteiger partial charge in [0.1, 0.15) is 0 Å². The lowest BCUT2D eigenvalue weighted by molar-refractivity contribution is 0.103. The lowest BCUT2D eigenvalue weighted by atomic mass is 10.0. The molecule has 0 saturated heterocycles. The van der Waals surface area contributed by atoms with Crippen molar-refractivity contribution in [1.82, 2.24) is 10.2 Å². The van der Waals surface area contributed by atoms with Gasteiger partial charge in [-0.3, -0.25) is 9.89 Å². The molecule has 0 spiro atoms. The molecule has 3 aromatic carbocycles. The number of anilines is 1. The average Bonchev–Trinajstić information content (AvgIpc) is 3.19. The highest BCUT2D eigenvalue weighted by atomic mass is 16.1. The van der Waals surface area contributed by atoms with Crippen molar-refractivity contribution in [2.45, 2.75) is 13.8 Å². The molecule has 2 N–H and O–H groups in total. The van der Waals surface area contributed by atoms with Crippen LogP contribution in [0.3, 0.4) is 0 Å². The van der Waals surface area contributed by atoms with Crippen LogP contribution in [0.25, 0.3) is 23.1 Å². The van der Waals surface area contributed by atoms with Gasteiger partial charge in [-0.25, -0.2) is 0 Å². The Morgan fingerprint density at radius 1 is 0.967 bits per heavy atom. The van der Waals surface area contributed by atoms with Crippen molar-refractivity contribution in [3.8, 4) is 0 Å². The highest BCUT2D eigenvalue weighted by molar-refractivity contribution is 6.11. The molecule has 0 aliphatic heterocycles. The number of carbonyl (C=O) groups is 1. The number of aromatic nitrogens is 2. The van der Waals surface area contributed by atoms with E-state index < -0.39 is 0 Å². The van der Waals surface area contributed by atoms with Gasteiger partial charge in [0.15, 0.2) is 5.78 Å². The number of ketones is 1. The molecule has 0 atom stereocenters. The van der Waals surface area contributed by atoms with E-state index in [1.807, 2.05) is 84.9 Å². The van der Waals surface area contributed by atoms with Crippen LogP contribution in [0.4, 0.5) is 5.69 Å². The van der Waals surface area contributed by atoms with E-state index in [2.05, 4.69) is 29.4 Å². The quantitative estimate of drug-likeness (QED) is 0.376. The molecule has 4 heteroatoms. The lowest BCUT2D eigenvalue weighted by Crippen LogP contribution is -2.09. The molecule has 30 heavy (non-hydrogen) atoms. The van der Waals surface area contributed by atoms with Crippen LogP contribution in [-0.2, 0) is 0 Å². The number of aromatic amines is 1. The van der Waals surface area contributed by atoms with Gasteiger partial charge in [-0.15, -0.1) is 0 Å². The summed E-state index contributed by atoms with van der Waals surface area (Å²) in [6.07, 6.45) is 4.02. The summed E-state index contributed by atoms with van der Waals surface area (Å²) in [4.78, 5) is 13.0. The van der Waals surface area contributed by atoms with Crippen LogP contribution < -0.4 is 5.32 Å². The summed E-state index contributed by atoms with van der Waals surface area (Å²) in [7, 11) is 0. The number of rotatable bonds is 7. The van der Waals surface area contributed by atoms with Crippen molar-refractivity contribution in [2.24, 2.45) is 5.92 Å². The van der Waals surface area contributed by atoms with Crippen LogP contribution in [0.2, 0.25) is 0 Å². The first kappa shape index (κ1) is 19.6. The van der Waals surface area contributed by atoms with Gasteiger partial charge in [0.2, 0.25) is 0 Å². The molecule has 0 bridgehead atoms. The molecule has 0 aliphatic carbocycles. The first-order valence-electron chi connectivity index (χ1n) is 10.2. The number of carbonyl (C=O) groups excluding carboxylic acids is 1. The van der Waals surface area contributed by atoms with E-state index in [-0.39, 0.29) is 5.78 Å². The van der Waals surface area contributed by atoms with E-state index >= 15 is 0 Å². The van der Waals surface area contributed by atoms with Crippen molar-refractivity contribution in [3.63, 3.8) is 0 Å². The molecule has 4 nitrogen and oxygen atoms in total. The third-order valence-electron chi connectivity index (χ3n) is 4.93. The van der Waals surface area contributed by atoms with Crippen LogP contribution in [0.15, 0.2) is 72.8 Å². The summed E-state index contributed by atoms with van der Waals surface area (Å²) in [5, 5.41) is 11.8. The summed E-state index contributed by atoms with van der Waals surface area (Å²) in [6, 6.07) is 23.5. The molecule has 1 aromatic heterocycles. The average molecular weight is 396 g/mol. The molecule has 0 unspecified atom stereocenters. The van der Waals surface area contributed by atoms with E-state index in [4.69, 9.17) is 0 Å². The van der Waals surface area contributed by atoms with Gasteiger partial charge in [-0.2, -0.15) is 5.10 Å². The number of hydrogen-bond acceptors (Lipinski definition) is 3. The van der Waals surface area contributed by atoms with Gasteiger partial charge < -0.3 is 5.32 Å². The second kappa shape index (κ2) is 8.78. The Morgan fingerprint density at radius 3 is 2.57 bits per heavy atom. The molecule has 4 rings (SSSR count). The SMILES string of the molecule is CC(C)CNc1cccc(C(=O)c2ccc3c(/C=C/c4ccccc4)n[nH]c3c2)c1. The van der Waals surface area contributed by atoms with E-state index in [1.54, 1.807) is 0 Å². The van der Waals surface area contributed by atoms with Crippen LogP contribution in [0.5, 0.6) is 0 Å². The third kappa shape index (κ3) is 4.49. The fraction of sp³-hybridized carbons (Fsp3) is 0.154. The Bertz CT molecular complexity index is 1190. The Balaban J connectivity index is 1.56. The molecular weight excluding hydrogens is 370 g/mol. The summed E-state index contributed by atoms with van der Waals surface area (Å²) in [5.74, 6) is 0.540. The highest BCUT2D eigenvalue weighted by Crippen LogP contribution is 2.22. The first-order chi connectivity index (χ1) is 14.6. The van der Waals surface area contributed by atoms with Crippen molar-refractivity contribution in [2.75, 3.05) is 11.9 Å². The van der Waals surface area contributed by atoms with Crippen molar-refractivity contribution >= 4 is 34.5 Å². The second-order valence-electron chi connectivity index (χ2n) is 7.80. The minimum Gasteiger partial charge on any atom is -0.385 e. The summed E-state index contributed by atoms with van der Waals surface area (Å²) in [6.45, 7) is 5.19. The van der Waals surface area contributed by atoms with Crippen LogP contribution in [0.1, 0.15) is 41.0 Å². The number of fused-ring (bicyclic) bond motifs is 1. The molecular formula is C26H25N3O. The summed E-state index contributed by atoms with van der Waals surface area (Å²) < 4.78 is 0. The Hall–Kier alpha value is -3.66. The maximum atomic E-state index is 13.0. The Kier molecular flexibility index (Phi) is 5.75. The predicted molar refractivity (Wildman–Crippen MR) is 125 cm³/mol. The minimum absolute atomic E-state index is 0.000995. The zero-order valence-electron chi connectivity index (χ0n) is 17.2. The van der Waals surface area contributed by atoms with Gasteiger partial charge in [0.05, 0.1) is 11.2 Å². The maximum absolute atomic E-state index is 13.0. The fourth-order valence-electron chi connectivity index (χ4n) is 3.31.